The lowest BCUT2D eigenvalue weighted by Gasteiger charge is -2.27. The van der Waals surface area contributed by atoms with Gasteiger partial charge in [-0.05, 0) is 19.5 Å². The van der Waals surface area contributed by atoms with Gasteiger partial charge in [0.15, 0.2) is 11.2 Å². The molecule has 0 amide bonds. The van der Waals surface area contributed by atoms with Crippen molar-refractivity contribution < 1.29 is 0 Å². The Morgan fingerprint density at radius 3 is 2.55 bits per heavy atom. The molecule has 0 spiro atoms. The molecule has 0 saturated heterocycles. The van der Waals surface area contributed by atoms with E-state index in [1.165, 1.54) is 17.2 Å². The molecule has 0 atom stereocenters. The maximum absolute atomic E-state index is 12.7. The average molecular weight is 395 g/mol. The lowest BCUT2D eigenvalue weighted by Crippen LogP contribution is -2.38. The summed E-state index contributed by atoms with van der Waals surface area (Å²) in [6.07, 6.45) is 0. The van der Waals surface area contributed by atoms with Crippen LogP contribution >= 0.6 is 0 Å². The lowest BCUT2D eigenvalue weighted by atomic mass is 10.2. The highest BCUT2D eigenvalue weighted by Crippen LogP contribution is 2.23. The highest BCUT2D eigenvalue weighted by Gasteiger charge is 2.26. The number of likely N-dealkylation sites (N-methyl/N-ethyl adjacent to an activating group) is 1. The van der Waals surface area contributed by atoms with Crippen LogP contribution in [0.3, 0.4) is 0 Å². The SMILES string of the molecule is CC1=NN(CCN(C)Cc2ccccc2)c2nc3c(c(=O)n(C)c(=O)n3C)n2C1. The molecule has 0 unspecified atom stereocenters. The van der Waals surface area contributed by atoms with Gasteiger partial charge in [-0.2, -0.15) is 10.1 Å². The second-order valence-corrected chi connectivity index (χ2v) is 7.56. The van der Waals surface area contributed by atoms with Crippen LogP contribution in [0, 0.1) is 0 Å². The Bertz CT molecular complexity index is 1200. The molecule has 3 aromatic rings. The van der Waals surface area contributed by atoms with Gasteiger partial charge in [0, 0.05) is 27.2 Å². The van der Waals surface area contributed by atoms with E-state index in [-0.39, 0.29) is 11.2 Å². The molecule has 9 heteroatoms. The van der Waals surface area contributed by atoms with Gasteiger partial charge in [0.1, 0.15) is 0 Å². The third-order valence-electron chi connectivity index (χ3n) is 5.23. The minimum absolute atomic E-state index is 0.335. The molecule has 0 aliphatic carbocycles. The van der Waals surface area contributed by atoms with E-state index in [0.717, 1.165) is 23.4 Å². The van der Waals surface area contributed by atoms with E-state index < -0.39 is 0 Å². The molecule has 1 aliphatic heterocycles. The molecule has 2 aromatic heterocycles. The van der Waals surface area contributed by atoms with Gasteiger partial charge in [-0.15, -0.1) is 0 Å². The minimum Gasteiger partial charge on any atom is -0.300 e. The van der Waals surface area contributed by atoms with Crippen LogP contribution in [0.5, 0.6) is 0 Å². The maximum Gasteiger partial charge on any atom is 0.332 e. The molecule has 0 bridgehead atoms. The van der Waals surface area contributed by atoms with Crippen molar-refractivity contribution in [3.05, 3.63) is 56.7 Å². The zero-order chi connectivity index (χ0) is 20.7. The Kier molecular flexibility index (Phi) is 4.83. The summed E-state index contributed by atoms with van der Waals surface area (Å²) < 4.78 is 4.39. The largest absolute Gasteiger partial charge is 0.332 e. The fourth-order valence-corrected chi connectivity index (χ4v) is 3.68. The monoisotopic (exact) mass is 395 g/mol. The van der Waals surface area contributed by atoms with Crippen molar-refractivity contribution in [1.29, 1.82) is 0 Å². The van der Waals surface area contributed by atoms with E-state index in [1.54, 1.807) is 7.05 Å². The molecule has 0 fully saturated rings. The summed E-state index contributed by atoms with van der Waals surface area (Å²) in [6.45, 7) is 4.64. The molecule has 3 heterocycles. The van der Waals surface area contributed by atoms with Crippen LogP contribution in [0.2, 0.25) is 0 Å². The Hall–Kier alpha value is -3.20. The molecule has 1 aliphatic rings. The van der Waals surface area contributed by atoms with Crippen LogP contribution in [0.4, 0.5) is 5.95 Å². The van der Waals surface area contributed by atoms with E-state index in [9.17, 15) is 9.59 Å². The summed E-state index contributed by atoms with van der Waals surface area (Å²) in [6, 6.07) is 10.3. The molecule has 29 heavy (non-hydrogen) atoms. The van der Waals surface area contributed by atoms with Gasteiger partial charge in [-0.3, -0.25) is 18.5 Å². The molecule has 9 nitrogen and oxygen atoms in total. The number of benzene rings is 1. The van der Waals surface area contributed by atoms with E-state index >= 15 is 0 Å². The Labute approximate surface area is 168 Å². The third-order valence-corrected chi connectivity index (χ3v) is 5.23. The Morgan fingerprint density at radius 2 is 1.83 bits per heavy atom. The number of aromatic nitrogens is 4. The van der Waals surface area contributed by atoms with Gasteiger partial charge in [0.25, 0.3) is 5.56 Å². The van der Waals surface area contributed by atoms with Crippen LogP contribution < -0.4 is 16.3 Å². The van der Waals surface area contributed by atoms with E-state index in [0.29, 0.717) is 30.2 Å². The number of anilines is 1. The average Bonchev–Trinajstić information content (AvgIpc) is 3.09. The predicted octanol–water partition coefficient (Wildman–Crippen LogP) is 0.762. The van der Waals surface area contributed by atoms with Crippen molar-refractivity contribution in [3.63, 3.8) is 0 Å². The summed E-state index contributed by atoms with van der Waals surface area (Å²) in [5, 5.41) is 6.47. The molecule has 1 aromatic carbocycles. The van der Waals surface area contributed by atoms with Gasteiger partial charge < -0.3 is 4.90 Å². The van der Waals surface area contributed by atoms with Crippen LogP contribution in [-0.2, 0) is 27.2 Å². The van der Waals surface area contributed by atoms with Gasteiger partial charge >= 0.3 is 5.69 Å². The third kappa shape index (κ3) is 3.38. The van der Waals surface area contributed by atoms with E-state index in [4.69, 9.17) is 0 Å². The molecule has 0 saturated carbocycles. The number of rotatable bonds is 5. The first-order chi connectivity index (χ1) is 13.9. The van der Waals surface area contributed by atoms with Crippen molar-refractivity contribution >= 4 is 22.8 Å². The molecule has 4 rings (SSSR count). The molecular weight excluding hydrogens is 370 g/mol. The van der Waals surface area contributed by atoms with Crippen molar-refractivity contribution in [2.75, 3.05) is 25.1 Å². The summed E-state index contributed by atoms with van der Waals surface area (Å²) in [5.41, 5.74) is 2.24. The quantitative estimate of drug-likeness (QED) is 0.637. The lowest BCUT2D eigenvalue weighted by molar-refractivity contribution is 0.331. The maximum atomic E-state index is 12.7. The zero-order valence-electron chi connectivity index (χ0n) is 17.2. The number of nitrogens with zero attached hydrogens (tertiary/aromatic N) is 7. The summed E-state index contributed by atoms with van der Waals surface area (Å²) in [5.74, 6) is 0.594. The number of fused-ring (bicyclic) bond motifs is 3. The Morgan fingerprint density at radius 1 is 1.10 bits per heavy atom. The van der Waals surface area contributed by atoms with Crippen LogP contribution in [0.15, 0.2) is 45.0 Å². The Balaban J connectivity index is 1.64. The standard InChI is InChI=1S/C20H25N7O2/c1-14-12-26-16-17(24(3)20(29)25(4)18(16)28)21-19(26)27(22-14)11-10-23(2)13-15-8-6-5-7-9-15/h5-9H,10-13H2,1-4H3. The highest BCUT2D eigenvalue weighted by atomic mass is 16.2. The first-order valence-corrected chi connectivity index (χ1v) is 9.57. The number of hydrogen-bond donors (Lipinski definition) is 0. The van der Waals surface area contributed by atoms with Crippen molar-refractivity contribution in [2.45, 2.75) is 20.0 Å². The van der Waals surface area contributed by atoms with Gasteiger partial charge in [0.05, 0.1) is 18.8 Å². The first-order valence-electron chi connectivity index (χ1n) is 9.57. The second-order valence-electron chi connectivity index (χ2n) is 7.56. The second kappa shape index (κ2) is 7.32. The van der Waals surface area contributed by atoms with Crippen LogP contribution in [0.1, 0.15) is 12.5 Å². The fraction of sp³-hybridized carbons (Fsp3) is 0.400. The first kappa shape index (κ1) is 19.1. The smallest absolute Gasteiger partial charge is 0.300 e. The number of imidazole rings is 1. The molecule has 0 radical (unpaired) electrons. The van der Waals surface area contributed by atoms with Crippen LogP contribution in [0.25, 0.3) is 11.2 Å². The summed E-state index contributed by atoms with van der Waals surface area (Å²) in [4.78, 5) is 31.8. The minimum atomic E-state index is -0.385. The molecule has 152 valence electrons. The van der Waals surface area contributed by atoms with Crippen molar-refractivity contribution in [3.8, 4) is 0 Å². The number of hydrogen-bond acceptors (Lipinski definition) is 6. The van der Waals surface area contributed by atoms with Gasteiger partial charge in [-0.1, -0.05) is 30.3 Å². The summed E-state index contributed by atoms with van der Waals surface area (Å²) >= 11 is 0. The fourth-order valence-electron chi connectivity index (χ4n) is 3.68. The topological polar surface area (TPSA) is 80.7 Å². The number of aryl methyl sites for hydroxylation is 1. The highest BCUT2D eigenvalue weighted by molar-refractivity contribution is 5.87. The zero-order valence-corrected chi connectivity index (χ0v) is 17.2. The summed E-state index contributed by atoms with van der Waals surface area (Å²) in [7, 11) is 5.19. The van der Waals surface area contributed by atoms with Gasteiger partial charge in [-0.25, -0.2) is 9.80 Å². The molecular formula is C20H25N7O2. The van der Waals surface area contributed by atoms with Gasteiger partial charge in [0.2, 0.25) is 5.95 Å². The van der Waals surface area contributed by atoms with Crippen LogP contribution in [-0.4, -0.2) is 49.4 Å². The van der Waals surface area contributed by atoms with Crippen molar-refractivity contribution in [1.82, 2.24) is 23.6 Å². The van der Waals surface area contributed by atoms with E-state index in [1.807, 2.05) is 34.7 Å². The van der Waals surface area contributed by atoms with Crippen molar-refractivity contribution in [2.24, 2.45) is 19.2 Å². The van der Waals surface area contributed by atoms with E-state index in [2.05, 4.69) is 34.2 Å². The normalized spacial score (nSPS) is 13.8. The molecule has 0 N–H and O–H groups in total. The number of hydrazone groups is 1. The predicted molar refractivity (Wildman–Crippen MR) is 113 cm³/mol.